The first kappa shape index (κ1) is 15.7. The molecule has 0 saturated carbocycles. The van der Waals surface area contributed by atoms with Crippen molar-refractivity contribution in [2.24, 2.45) is 0 Å². The summed E-state index contributed by atoms with van der Waals surface area (Å²) in [5, 5.41) is 0.964. The molecule has 0 bridgehead atoms. The number of furan rings is 1. The summed E-state index contributed by atoms with van der Waals surface area (Å²) in [5.74, 6) is 1.15. The molecule has 1 aliphatic heterocycles. The molecule has 1 aliphatic rings. The molecule has 2 aromatic rings. The molecule has 0 N–H and O–H groups in total. The average Bonchev–Trinajstić information content (AvgIpc) is 3.16. The lowest BCUT2D eigenvalue weighted by molar-refractivity contribution is 0.0712. The van der Waals surface area contributed by atoms with Gasteiger partial charge in [0, 0.05) is 23.6 Å². The molecule has 1 amide bonds. The van der Waals surface area contributed by atoms with Crippen molar-refractivity contribution >= 4 is 16.9 Å². The Morgan fingerprint density at radius 2 is 2.26 bits per heavy atom. The molecule has 122 valence electrons. The number of unbranched alkanes of at least 4 members (excludes halogenated alkanes) is 1. The molecule has 1 unspecified atom stereocenters. The largest absolute Gasteiger partial charge is 0.497 e. The Balaban J connectivity index is 1.90. The van der Waals surface area contributed by atoms with Crippen LogP contribution in [0.1, 0.15) is 42.3 Å². The van der Waals surface area contributed by atoms with Gasteiger partial charge in [0.05, 0.1) is 13.2 Å². The van der Waals surface area contributed by atoms with Crippen molar-refractivity contribution in [2.75, 3.05) is 13.7 Å². The van der Waals surface area contributed by atoms with Crippen LogP contribution in [0.2, 0.25) is 0 Å². The summed E-state index contributed by atoms with van der Waals surface area (Å²) in [6.45, 7) is 4.77. The number of fused-ring (bicyclic) bond motifs is 1. The predicted octanol–water partition coefficient (Wildman–Crippen LogP) is 4.32. The number of carbonyl (C=O) groups is 1. The number of hydrogen-bond acceptors (Lipinski definition) is 3. The van der Waals surface area contributed by atoms with Gasteiger partial charge in [-0.1, -0.05) is 31.9 Å². The number of nitrogens with zero attached hydrogens (tertiary/aromatic N) is 1. The maximum absolute atomic E-state index is 12.9. The van der Waals surface area contributed by atoms with Gasteiger partial charge < -0.3 is 14.1 Å². The molecule has 1 aromatic heterocycles. The zero-order valence-corrected chi connectivity index (χ0v) is 14.0. The number of methoxy groups -OCH3 is 1. The van der Waals surface area contributed by atoms with E-state index in [1.807, 2.05) is 30.0 Å². The van der Waals surface area contributed by atoms with Gasteiger partial charge in [0.15, 0.2) is 5.76 Å². The van der Waals surface area contributed by atoms with Gasteiger partial charge in [0.1, 0.15) is 11.3 Å². The lowest BCUT2D eigenvalue weighted by atomic mass is 10.1. The van der Waals surface area contributed by atoms with Crippen molar-refractivity contribution in [1.29, 1.82) is 0 Å². The molecule has 4 heteroatoms. The van der Waals surface area contributed by atoms with Crippen LogP contribution >= 0.6 is 0 Å². The normalized spacial score (nSPS) is 17.2. The summed E-state index contributed by atoms with van der Waals surface area (Å²) in [6, 6.07) is 5.85. The third-order valence-electron chi connectivity index (χ3n) is 4.51. The Bertz CT molecular complexity index is 744. The van der Waals surface area contributed by atoms with Gasteiger partial charge in [-0.2, -0.15) is 0 Å². The van der Waals surface area contributed by atoms with Crippen molar-refractivity contribution in [3.63, 3.8) is 0 Å². The summed E-state index contributed by atoms with van der Waals surface area (Å²) in [4.78, 5) is 14.8. The van der Waals surface area contributed by atoms with Crippen molar-refractivity contribution in [1.82, 2.24) is 4.90 Å². The minimum Gasteiger partial charge on any atom is -0.497 e. The van der Waals surface area contributed by atoms with Crippen molar-refractivity contribution < 1.29 is 13.9 Å². The monoisotopic (exact) mass is 313 g/mol. The first-order chi connectivity index (χ1) is 11.2. The Hall–Kier alpha value is -2.23. The highest BCUT2D eigenvalue weighted by atomic mass is 16.5. The van der Waals surface area contributed by atoms with Gasteiger partial charge in [0.25, 0.3) is 5.91 Å². The highest BCUT2D eigenvalue weighted by molar-refractivity contribution is 5.99. The van der Waals surface area contributed by atoms with E-state index in [2.05, 4.69) is 19.1 Å². The number of hydrogen-bond donors (Lipinski definition) is 0. The van der Waals surface area contributed by atoms with Crippen molar-refractivity contribution in [2.45, 2.75) is 39.2 Å². The van der Waals surface area contributed by atoms with E-state index in [1.54, 1.807) is 7.11 Å². The Morgan fingerprint density at radius 3 is 3.00 bits per heavy atom. The van der Waals surface area contributed by atoms with E-state index in [0.29, 0.717) is 17.9 Å². The minimum absolute atomic E-state index is 0.0243. The summed E-state index contributed by atoms with van der Waals surface area (Å²) in [7, 11) is 1.62. The van der Waals surface area contributed by atoms with Crippen LogP contribution in [0.15, 0.2) is 34.8 Å². The van der Waals surface area contributed by atoms with Gasteiger partial charge in [-0.3, -0.25) is 4.79 Å². The molecule has 1 aromatic carbocycles. The maximum Gasteiger partial charge on any atom is 0.290 e. The lowest BCUT2D eigenvalue weighted by Gasteiger charge is -2.23. The molecule has 23 heavy (non-hydrogen) atoms. The van der Waals surface area contributed by atoms with E-state index in [9.17, 15) is 4.79 Å². The number of benzene rings is 1. The molecule has 0 saturated heterocycles. The van der Waals surface area contributed by atoms with Crippen LogP contribution in [0.4, 0.5) is 0 Å². The fourth-order valence-electron chi connectivity index (χ4n) is 3.14. The van der Waals surface area contributed by atoms with Gasteiger partial charge in [0.2, 0.25) is 0 Å². The molecule has 0 spiro atoms. The van der Waals surface area contributed by atoms with Gasteiger partial charge in [-0.25, -0.2) is 0 Å². The topological polar surface area (TPSA) is 42.7 Å². The van der Waals surface area contributed by atoms with Crippen molar-refractivity contribution in [3.05, 3.63) is 41.7 Å². The smallest absolute Gasteiger partial charge is 0.290 e. The first-order valence-corrected chi connectivity index (χ1v) is 8.20. The van der Waals surface area contributed by atoms with E-state index >= 15 is 0 Å². The van der Waals surface area contributed by atoms with Crippen LogP contribution < -0.4 is 4.74 Å². The summed E-state index contributed by atoms with van der Waals surface area (Å²) in [5.41, 5.74) is 1.59. The SMILES string of the molecule is CCCCC1C=CCN1C(=O)c1oc2cc(OC)ccc2c1C. The lowest BCUT2D eigenvalue weighted by Crippen LogP contribution is -2.36. The van der Waals surface area contributed by atoms with Gasteiger partial charge in [-0.15, -0.1) is 0 Å². The van der Waals surface area contributed by atoms with Crippen LogP contribution in [-0.2, 0) is 0 Å². The zero-order valence-electron chi connectivity index (χ0n) is 14.0. The summed E-state index contributed by atoms with van der Waals surface area (Å²) in [6.07, 6.45) is 7.46. The van der Waals surface area contributed by atoms with E-state index in [-0.39, 0.29) is 11.9 Å². The third kappa shape index (κ3) is 2.85. The summed E-state index contributed by atoms with van der Waals surface area (Å²) < 4.78 is 11.1. The van der Waals surface area contributed by atoms with Crippen molar-refractivity contribution in [3.8, 4) is 5.75 Å². The molecule has 2 heterocycles. The van der Waals surface area contributed by atoms with E-state index < -0.39 is 0 Å². The highest BCUT2D eigenvalue weighted by Gasteiger charge is 2.29. The fourth-order valence-corrected chi connectivity index (χ4v) is 3.14. The Labute approximate surface area is 136 Å². The van der Waals surface area contributed by atoms with Crippen LogP contribution in [0.3, 0.4) is 0 Å². The first-order valence-electron chi connectivity index (χ1n) is 8.20. The molecule has 0 fully saturated rings. The molecule has 0 aliphatic carbocycles. The minimum atomic E-state index is -0.0243. The second-order valence-electron chi connectivity index (χ2n) is 6.01. The number of amides is 1. The standard InChI is InChI=1S/C19H23NO3/c1-4-5-7-14-8-6-11-20(14)19(21)18-13(2)16-10-9-15(22-3)12-17(16)23-18/h6,8-10,12,14H,4-5,7,11H2,1-3H3. The van der Waals surface area contributed by atoms with E-state index in [0.717, 1.165) is 36.0 Å². The molecular weight excluding hydrogens is 290 g/mol. The van der Waals surface area contributed by atoms with Crippen LogP contribution in [0, 0.1) is 6.92 Å². The van der Waals surface area contributed by atoms with Gasteiger partial charge in [-0.05, 0) is 25.5 Å². The maximum atomic E-state index is 12.9. The number of carbonyl (C=O) groups excluding carboxylic acids is 1. The Morgan fingerprint density at radius 1 is 1.43 bits per heavy atom. The molecule has 1 atom stereocenters. The zero-order chi connectivity index (χ0) is 16.4. The van der Waals surface area contributed by atoms with E-state index in [4.69, 9.17) is 9.15 Å². The highest BCUT2D eigenvalue weighted by Crippen LogP contribution is 2.30. The average molecular weight is 313 g/mol. The summed E-state index contributed by atoms with van der Waals surface area (Å²) >= 11 is 0. The van der Waals surface area contributed by atoms with Crippen LogP contribution in [0.25, 0.3) is 11.0 Å². The number of ether oxygens (including phenoxy) is 1. The fraction of sp³-hybridized carbons (Fsp3) is 0.421. The number of rotatable bonds is 5. The molecule has 0 radical (unpaired) electrons. The second kappa shape index (κ2) is 6.49. The molecule has 4 nitrogen and oxygen atoms in total. The van der Waals surface area contributed by atoms with Gasteiger partial charge >= 0.3 is 0 Å². The number of aryl methyl sites for hydroxylation is 1. The van der Waals surface area contributed by atoms with Crippen LogP contribution in [0.5, 0.6) is 5.75 Å². The molecule has 3 rings (SSSR count). The Kier molecular flexibility index (Phi) is 4.42. The molecular formula is C19H23NO3. The quantitative estimate of drug-likeness (QED) is 0.772. The van der Waals surface area contributed by atoms with E-state index in [1.165, 1.54) is 0 Å². The predicted molar refractivity (Wildman–Crippen MR) is 91.0 cm³/mol. The van der Waals surface area contributed by atoms with Crippen LogP contribution in [-0.4, -0.2) is 30.5 Å². The second-order valence-corrected chi connectivity index (χ2v) is 6.01. The third-order valence-corrected chi connectivity index (χ3v) is 4.51.